The van der Waals surface area contributed by atoms with Gasteiger partial charge >= 0.3 is 0 Å². The monoisotopic (exact) mass is 307 g/mol. The maximum absolute atomic E-state index is 10.9. The van der Waals surface area contributed by atoms with Gasteiger partial charge in [0, 0.05) is 6.42 Å². The van der Waals surface area contributed by atoms with E-state index >= 15 is 0 Å². The fourth-order valence-corrected chi connectivity index (χ4v) is 2.45. The third-order valence-electron chi connectivity index (χ3n) is 3.82. The van der Waals surface area contributed by atoms with Crippen LogP contribution in [0.4, 0.5) is 0 Å². The highest BCUT2D eigenvalue weighted by atomic mass is 16.2. The lowest BCUT2D eigenvalue weighted by Crippen LogP contribution is -1.92. The molecule has 0 N–H and O–H groups in total. The van der Waals surface area contributed by atoms with Crippen molar-refractivity contribution in [3.63, 3.8) is 0 Å². The molecule has 0 unspecified atom stereocenters. The molecule has 0 fully saturated rings. The Balaban J connectivity index is 3.17. The second-order valence-electron chi connectivity index (χ2n) is 5.93. The molecular weight excluding hydrogens is 274 g/mol. The van der Waals surface area contributed by atoms with E-state index in [4.69, 9.17) is 0 Å². The van der Waals surface area contributed by atoms with Gasteiger partial charge in [0.1, 0.15) is 0 Å². The van der Waals surface area contributed by atoms with Crippen LogP contribution in [0.2, 0.25) is 0 Å². The van der Waals surface area contributed by atoms with Crippen LogP contribution in [0.1, 0.15) is 96.8 Å². The molecule has 0 atom stereocenters. The summed E-state index contributed by atoms with van der Waals surface area (Å²) in [6.07, 6.45) is 22.4. The lowest BCUT2D eigenvalue weighted by atomic mass is 10.1. The van der Waals surface area contributed by atoms with Crippen LogP contribution in [0.25, 0.3) is 0 Å². The van der Waals surface area contributed by atoms with Gasteiger partial charge in [0.15, 0.2) is 0 Å². The average molecular weight is 307 g/mol. The number of allylic oxidation sites excluding steroid dienone is 2. The van der Waals surface area contributed by atoms with Crippen molar-refractivity contribution < 1.29 is 9.59 Å². The summed E-state index contributed by atoms with van der Waals surface area (Å²) in [7, 11) is 0. The van der Waals surface area contributed by atoms with E-state index in [1.54, 1.807) is 0 Å². The summed E-state index contributed by atoms with van der Waals surface area (Å²) in [5.74, 6) is -0.340. The van der Waals surface area contributed by atoms with E-state index < -0.39 is 0 Å². The molecule has 0 saturated heterocycles. The van der Waals surface area contributed by atoms with Gasteiger partial charge in [0.25, 0.3) is 5.91 Å². The molecule has 0 aromatic rings. The Kier molecular flexibility index (Phi) is 16.9. The minimum absolute atomic E-state index is 0.340. The predicted octanol–water partition coefficient (Wildman–Crippen LogP) is 5.89. The van der Waals surface area contributed by atoms with Gasteiger partial charge in [-0.15, -0.1) is 4.99 Å². The van der Waals surface area contributed by atoms with Gasteiger partial charge < -0.3 is 0 Å². The number of carbonyl (C=O) groups is 1. The smallest absolute Gasteiger partial charge is 0.256 e. The molecule has 126 valence electrons. The number of unbranched alkanes of at least 4 members (excludes halogenated alkanes) is 11. The van der Waals surface area contributed by atoms with Crippen molar-refractivity contribution in [1.82, 2.24) is 0 Å². The molecule has 0 saturated carbocycles. The van der Waals surface area contributed by atoms with Crippen LogP contribution < -0.4 is 0 Å². The number of hydrogen-bond donors (Lipinski definition) is 0. The zero-order valence-electron chi connectivity index (χ0n) is 14.3. The van der Waals surface area contributed by atoms with Gasteiger partial charge in [0.2, 0.25) is 6.08 Å². The molecule has 0 rings (SSSR count). The highest BCUT2D eigenvalue weighted by Gasteiger charge is 1.98. The SMILES string of the molecule is CCCCCCCCC=CCCCCCCCC(=O)N=C=O. The Bertz CT molecular complexity index is 330. The third kappa shape index (κ3) is 16.8. The number of amides is 1. The fourth-order valence-electron chi connectivity index (χ4n) is 2.45. The topological polar surface area (TPSA) is 46.5 Å². The molecule has 0 aliphatic carbocycles. The highest BCUT2D eigenvalue weighted by molar-refractivity contribution is 5.81. The Morgan fingerprint density at radius 2 is 1.32 bits per heavy atom. The van der Waals surface area contributed by atoms with Crippen LogP contribution in [0.5, 0.6) is 0 Å². The quantitative estimate of drug-likeness (QED) is 0.164. The van der Waals surface area contributed by atoms with Gasteiger partial charge in [-0.3, -0.25) is 4.79 Å². The van der Waals surface area contributed by atoms with Crippen molar-refractivity contribution >= 4 is 12.0 Å². The minimum Gasteiger partial charge on any atom is -0.272 e. The van der Waals surface area contributed by atoms with Crippen molar-refractivity contribution in [3.05, 3.63) is 12.2 Å². The normalized spacial score (nSPS) is 10.8. The Labute approximate surface area is 136 Å². The van der Waals surface area contributed by atoms with Gasteiger partial charge in [-0.1, -0.05) is 70.4 Å². The zero-order valence-corrected chi connectivity index (χ0v) is 14.3. The lowest BCUT2D eigenvalue weighted by molar-refractivity contribution is -0.117. The number of nitrogens with zero attached hydrogens (tertiary/aromatic N) is 1. The summed E-state index contributed by atoms with van der Waals surface area (Å²) in [5, 5.41) is 0. The molecule has 0 bridgehead atoms. The van der Waals surface area contributed by atoms with E-state index in [0.717, 1.165) is 19.3 Å². The molecular formula is C19H33NO2. The molecule has 1 amide bonds. The molecule has 0 aromatic carbocycles. The lowest BCUT2D eigenvalue weighted by Gasteiger charge is -1.99. The van der Waals surface area contributed by atoms with Gasteiger partial charge in [-0.05, 0) is 32.1 Å². The first-order valence-corrected chi connectivity index (χ1v) is 9.07. The predicted molar refractivity (Wildman–Crippen MR) is 92.6 cm³/mol. The average Bonchev–Trinajstić information content (AvgIpc) is 2.51. The van der Waals surface area contributed by atoms with Crippen LogP contribution in [-0.4, -0.2) is 12.0 Å². The Morgan fingerprint density at radius 3 is 1.86 bits per heavy atom. The van der Waals surface area contributed by atoms with Crippen LogP contribution in [-0.2, 0) is 9.59 Å². The van der Waals surface area contributed by atoms with Crippen molar-refractivity contribution in [3.8, 4) is 0 Å². The second-order valence-corrected chi connectivity index (χ2v) is 5.93. The van der Waals surface area contributed by atoms with Crippen LogP contribution >= 0.6 is 0 Å². The van der Waals surface area contributed by atoms with Gasteiger partial charge in [-0.2, -0.15) is 0 Å². The van der Waals surface area contributed by atoms with E-state index in [-0.39, 0.29) is 5.91 Å². The first-order chi connectivity index (χ1) is 10.8. The molecule has 3 heteroatoms. The highest BCUT2D eigenvalue weighted by Crippen LogP contribution is 2.10. The second kappa shape index (κ2) is 17.8. The summed E-state index contributed by atoms with van der Waals surface area (Å²) in [5.41, 5.74) is 0. The van der Waals surface area contributed by atoms with Crippen molar-refractivity contribution in [2.45, 2.75) is 96.8 Å². The summed E-state index contributed by atoms with van der Waals surface area (Å²) in [6.45, 7) is 2.25. The molecule has 22 heavy (non-hydrogen) atoms. The molecule has 0 aromatic heterocycles. The number of carbonyl (C=O) groups excluding carboxylic acids is 2. The fraction of sp³-hybridized carbons (Fsp3) is 0.789. The molecule has 0 aliphatic heterocycles. The van der Waals surface area contributed by atoms with Crippen molar-refractivity contribution in [2.75, 3.05) is 0 Å². The van der Waals surface area contributed by atoms with E-state index in [1.807, 2.05) is 0 Å². The van der Waals surface area contributed by atoms with Crippen LogP contribution in [0, 0.1) is 0 Å². The summed E-state index contributed by atoms with van der Waals surface area (Å²) >= 11 is 0. The summed E-state index contributed by atoms with van der Waals surface area (Å²) in [6, 6.07) is 0. The molecule has 0 spiro atoms. The van der Waals surface area contributed by atoms with E-state index in [0.29, 0.717) is 6.42 Å². The van der Waals surface area contributed by atoms with Crippen molar-refractivity contribution in [1.29, 1.82) is 0 Å². The van der Waals surface area contributed by atoms with Crippen LogP contribution in [0.3, 0.4) is 0 Å². The molecule has 0 heterocycles. The summed E-state index contributed by atoms with van der Waals surface area (Å²) < 4.78 is 0. The molecule has 0 radical (unpaired) electrons. The number of rotatable bonds is 15. The van der Waals surface area contributed by atoms with E-state index in [2.05, 4.69) is 24.1 Å². The Morgan fingerprint density at radius 1 is 0.818 bits per heavy atom. The van der Waals surface area contributed by atoms with E-state index in [9.17, 15) is 9.59 Å². The Hall–Kier alpha value is -1.21. The largest absolute Gasteiger partial charge is 0.272 e. The summed E-state index contributed by atoms with van der Waals surface area (Å²) in [4.78, 5) is 23.9. The molecule has 3 nitrogen and oxygen atoms in total. The molecule has 0 aliphatic rings. The minimum atomic E-state index is -0.340. The number of isocyanates is 1. The van der Waals surface area contributed by atoms with E-state index in [1.165, 1.54) is 70.3 Å². The maximum Gasteiger partial charge on any atom is 0.256 e. The first kappa shape index (κ1) is 20.8. The third-order valence-corrected chi connectivity index (χ3v) is 3.82. The standard InChI is InChI=1S/C19H33NO2/c1-2-3-4-5-6-7-8-9-10-11-12-13-14-15-16-17-19(22)20-18-21/h9-10H,2-8,11-17H2,1H3. The number of hydrogen-bond acceptors (Lipinski definition) is 2. The van der Waals surface area contributed by atoms with Gasteiger partial charge in [-0.25, -0.2) is 4.79 Å². The number of aliphatic imine (C=N–C) groups is 1. The first-order valence-electron chi connectivity index (χ1n) is 9.07. The zero-order chi connectivity index (χ0) is 16.3. The maximum atomic E-state index is 10.9. The van der Waals surface area contributed by atoms with Crippen LogP contribution in [0.15, 0.2) is 17.1 Å². The van der Waals surface area contributed by atoms with Crippen molar-refractivity contribution in [2.24, 2.45) is 4.99 Å². The van der Waals surface area contributed by atoms with Gasteiger partial charge in [0.05, 0.1) is 0 Å².